The predicted octanol–water partition coefficient (Wildman–Crippen LogP) is 16.6. The lowest BCUT2D eigenvalue weighted by Gasteiger charge is -2.30. The van der Waals surface area contributed by atoms with Crippen molar-refractivity contribution < 1.29 is 4.42 Å². The van der Waals surface area contributed by atoms with E-state index in [1.807, 2.05) is 11.3 Å². The van der Waals surface area contributed by atoms with Gasteiger partial charge in [-0.05, 0) is 115 Å². The summed E-state index contributed by atoms with van der Waals surface area (Å²) in [6, 6.07) is 48.0. The summed E-state index contributed by atoms with van der Waals surface area (Å²) >= 11 is 2.01. The van der Waals surface area contributed by atoms with Crippen LogP contribution in [-0.2, 0) is 21.7 Å². The molecule has 0 bridgehead atoms. The van der Waals surface area contributed by atoms with Crippen LogP contribution in [0.2, 0.25) is 0 Å². The van der Waals surface area contributed by atoms with Crippen LogP contribution in [0, 0.1) is 0 Å². The first kappa shape index (κ1) is 36.4. The molecule has 2 aromatic heterocycles. The number of furan rings is 1. The Morgan fingerprint density at radius 1 is 0.492 bits per heavy atom. The first-order chi connectivity index (χ1) is 28.0. The van der Waals surface area contributed by atoms with E-state index >= 15 is 0 Å². The van der Waals surface area contributed by atoms with Crippen molar-refractivity contribution in [2.45, 2.75) is 90.9 Å². The Labute approximate surface area is 352 Å². The maximum absolute atomic E-state index is 6.51. The summed E-state index contributed by atoms with van der Waals surface area (Å²) < 4.78 is 9.35. The molecule has 0 unspecified atom stereocenters. The molecule has 2 aliphatic rings. The van der Waals surface area contributed by atoms with Gasteiger partial charge in [0.1, 0.15) is 11.2 Å². The maximum Gasteiger partial charge on any atom is 0.137 e. The lowest BCUT2D eigenvalue weighted by Crippen LogP contribution is -2.18. The number of hydrogen-bond acceptors (Lipinski definition) is 3. The van der Waals surface area contributed by atoms with E-state index in [-0.39, 0.29) is 21.7 Å². The SMILES string of the molecule is CC(C)(C)c1cc(C(C)(C)C)c2sc3c4c(ccc3c2c1)-c1ccc(N(c2ccc3c(c2)C(C)(C)c2ccccc2-3)c2cccc3oc5ccccc5c23)cc1C4(C)C. The van der Waals surface area contributed by atoms with Gasteiger partial charge in [0, 0.05) is 47.8 Å². The van der Waals surface area contributed by atoms with Crippen LogP contribution >= 0.6 is 11.3 Å². The van der Waals surface area contributed by atoms with Crippen LogP contribution in [0.3, 0.4) is 0 Å². The number of para-hydroxylation sites is 1. The smallest absolute Gasteiger partial charge is 0.137 e. The minimum atomic E-state index is -0.225. The van der Waals surface area contributed by atoms with Crippen molar-refractivity contribution >= 4 is 70.5 Å². The van der Waals surface area contributed by atoms with Crippen molar-refractivity contribution in [1.29, 1.82) is 0 Å². The van der Waals surface area contributed by atoms with Gasteiger partial charge in [-0.15, -0.1) is 11.3 Å². The molecule has 9 aromatic rings. The molecule has 0 saturated carbocycles. The fourth-order valence-corrected chi connectivity index (χ4v) is 12.2. The average Bonchev–Trinajstić information content (AvgIpc) is 3.90. The minimum absolute atomic E-state index is 0.0269. The zero-order valence-electron chi connectivity index (χ0n) is 35.9. The zero-order valence-corrected chi connectivity index (χ0v) is 36.7. The molecule has 0 spiro atoms. The van der Waals surface area contributed by atoms with Gasteiger partial charge in [-0.3, -0.25) is 0 Å². The van der Waals surface area contributed by atoms with Crippen molar-refractivity contribution in [3.05, 3.63) is 161 Å². The van der Waals surface area contributed by atoms with Crippen LogP contribution in [0.25, 0.3) is 64.4 Å². The Balaban J connectivity index is 1.14. The number of fused-ring (bicyclic) bond motifs is 13. The molecule has 292 valence electrons. The van der Waals surface area contributed by atoms with E-state index in [0.29, 0.717) is 0 Å². The van der Waals surface area contributed by atoms with E-state index in [0.717, 1.165) is 39.0 Å². The zero-order chi connectivity index (χ0) is 41.0. The van der Waals surface area contributed by atoms with Crippen molar-refractivity contribution in [3.63, 3.8) is 0 Å². The molecule has 0 saturated heterocycles. The van der Waals surface area contributed by atoms with E-state index in [9.17, 15) is 0 Å². The maximum atomic E-state index is 6.51. The first-order valence-electron chi connectivity index (χ1n) is 21.2. The van der Waals surface area contributed by atoms with Crippen molar-refractivity contribution in [2.24, 2.45) is 0 Å². The molecule has 2 aliphatic carbocycles. The minimum Gasteiger partial charge on any atom is -0.456 e. The number of thiophene rings is 1. The Morgan fingerprint density at radius 3 is 1.85 bits per heavy atom. The van der Waals surface area contributed by atoms with Crippen LogP contribution in [0.15, 0.2) is 132 Å². The van der Waals surface area contributed by atoms with E-state index in [2.05, 4.69) is 202 Å². The predicted molar refractivity (Wildman–Crippen MR) is 254 cm³/mol. The summed E-state index contributed by atoms with van der Waals surface area (Å²) in [5, 5.41) is 5.03. The van der Waals surface area contributed by atoms with E-state index in [4.69, 9.17) is 4.42 Å². The number of rotatable bonds is 3. The van der Waals surface area contributed by atoms with E-state index in [1.165, 1.54) is 75.8 Å². The summed E-state index contributed by atoms with van der Waals surface area (Å²) in [6.07, 6.45) is 0. The van der Waals surface area contributed by atoms with Gasteiger partial charge in [-0.1, -0.05) is 148 Å². The van der Waals surface area contributed by atoms with E-state index < -0.39 is 0 Å². The third-order valence-electron chi connectivity index (χ3n) is 13.7. The Bertz CT molecular complexity index is 3240. The topological polar surface area (TPSA) is 16.4 Å². The molecule has 0 atom stereocenters. The number of anilines is 3. The molecule has 0 fully saturated rings. The first-order valence-corrected chi connectivity index (χ1v) is 22.0. The van der Waals surface area contributed by atoms with Gasteiger partial charge >= 0.3 is 0 Å². The summed E-state index contributed by atoms with van der Waals surface area (Å²) in [5.74, 6) is 0. The highest BCUT2D eigenvalue weighted by Crippen LogP contribution is 2.57. The molecule has 59 heavy (non-hydrogen) atoms. The van der Waals surface area contributed by atoms with Gasteiger partial charge in [0.15, 0.2) is 0 Å². The largest absolute Gasteiger partial charge is 0.456 e. The molecule has 0 N–H and O–H groups in total. The Hall–Kier alpha value is -5.64. The fraction of sp³-hybridized carbons (Fsp3) is 0.250. The highest BCUT2D eigenvalue weighted by Gasteiger charge is 2.40. The fourth-order valence-electron chi connectivity index (χ4n) is 10.5. The van der Waals surface area contributed by atoms with Crippen molar-refractivity contribution in [3.8, 4) is 22.3 Å². The lowest BCUT2D eigenvalue weighted by molar-refractivity contribution is 0.573. The summed E-state index contributed by atoms with van der Waals surface area (Å²) in [6.45, 7) is 23.7. The van der Waals surface area contributed by atoms with Crippen LogP contribution in [0.4, 0.5) is 17.1 Å². The summed E-state index contributed by atoms with van der Waals surface area (Å²) in [4.78, 5) is 2.49. The Kier molecular flexibility index (Phi) is 7.40. The van der Waals surface area contributed by atoms with Gasteiger partial charge < -0.3 is 9.32 Å². The lowest BCUT2D eigenvalue weighted by atomic mass is 9.79. The van der Waals surface area contributed by atoms with Crippen molar-refractivity contribution in [1.82, 2.24) is 0 Å². The van der Waals surface area contributed by atoms with Gasteiger partial charge in [0.2, 0.25) is 0 Å². The molecule has 3 heteroatoms. The van der Waals surface area contributed by atoms with Crippen LogP contribution < -0.4 is 4.90 Å². The third kappa shape index (κ3) is 5.10. The molecular formula is C56H51NOS. The standard InChI is InChI=1S/C56H51NOS/c1-53(2,3)32-28-41-39-27-26-38-37-25-23-34(31-44(37)56(9,10)50(38)52(39)59-51(41)45(29-32)54(4,5)6)57(46-19-15-21-48-49(46)40-17-12-14-20-47(40)58-48)33-22-24-36-35-16-11-13-18-42(35)55(7,8)43(36)30-33/h11-31H,1-10H3. The monoisotopic (exact) mass is 785 g/mol. The van der Waals surface area contributed by atoms with Gasteiger partial charge in [0.25, 0.3) is 0 Å². The summed E-state index contributed by atoms with van der Waals surface area (Å²) in [5.41, 5.74) is 18.7. The molecule has 11 rings (SSSR count). The van der Waals surface area contributed by atoms with Crippen LogP contribution in [-0.4, -0.2) is 0 Å². The normalized spacial score (nSPS) is 15.2. The molecule has 0 radical (unpaired) electrons. The highest BCUT2D eigenvalue weighted by molar-refractivity contribution is 7.26. The highest BCUT2D eigenvalue weighted by atomic mass is 32.1. The van der Waals surface area contributed by atoms with Crippen LogP contribution in [0.5, 0.6) is 0 Å². The Morgan fingerprint density at radius 2 is 1.12 bits per heavy atom. The molecule has 0 aliphatic heterocycles. The molecule has 0 amide bonds. The number of benzene rings is 7. The number of nitrogens with zero attached hydrogens (tertiary/aromatic N) is 1. The number of hydrogen-bond donors (Lipinski definition) is 0. The quantitative estimate of drug-likeness (QED) is 0.177. The molecule has 2 nitrogen and oxygen atoms in total. The summed E-state index contributed by atoms with van der Waals surface area (Å²) in [7, 11) is 0. The average molecular weight is 786 g/mol. The van der Waals surface area contributed by atoms with Crippen molar-refractivity contribution in [2.75, 3.05) is 4.90 Å². The van der Waals surface area contributed by atoms with Gasteiger partial charge in [-0.25, -0.2) is 0 Å². The van der Waals surface area contributed by atoms with Gasteiger partial charge in [0.05, 0.1) is 11.1 Å². The molecular weight excluding hydrogens is 735 g/mol. The second-order valence-corrected chi connectivity index (χ2v) is 21.2. The second-order valence-electron chi connectivity index (χ2n) is 20.2. The second kappa shape index (κ2) is 12.0. The molecule has 2 heterocycles. The van der Waals surface area contributed by atoms with E-state index in [1.54, 1.807) is 0 Å². The third-order valence-corrected chi connectivity index (χ3v) is 15.0. The van der Waals surface area contributed by atoms with Crippen LogP contribution in [0.1, 0.15) is 103 Å². The molecule has 7 aromatic carbocycles. The van der Waals surface area contributed by atoms with Gasteiger partial charge in [-0.2, -0.15) is 0 Å².